The summed E-state index contributed by atoms with van der Waals surface area (Å²) >= 11 is 0. The van der Waals surface area contributed by atoms with E-state index in [0.717, 1.165) is 0 Å². The minimum atomic E-state index is 0.106. The largest absolute Gasteiger partial charge is 0.0991 e. The zero-order valence-electron chi connectivity index (χ0n) is 12.1. The molecule has 0 N–H and O–H groups in total. The highest BCUT2D eigenvalue weighted by atomic mass is 28.3. The predicted molar refractivity (Wildman–Crippen MR) is 102 cm³/mol. The molecule has 0 radical (unpaired) electrons. The molecule has 0 heterocycles. The summed E-state index contributed by atoms with van der Waals surface area (Å²) in [4.78, 5) is 1.21. The first-order valence-corrected chi connectivity index (χ1v) is 12.6. The molecule has 0 nitrogen and oxygen atoms in total. The second-order valence-electron chi connectivity index (χ2n) is 4.59. The number of hydrogen-bond donors (Lipinski definition) is 0. The molecule has 0 aromatic rings. The Balaban J connectivity index is 4.04. The summed E-state index contributed by atoms with van der Waals surface area (Å²) in [6.45, 7) is 11.2. The van der Waals surface area contributed by atoms with Crippen LogP contribution in [0.2, 0.25) is 22.9 Å². The lowest BCUT2D eigenvalue weighted by Crippen LogP contribution is -2.17. The molecular weight excluding hydrogens is 276 g/mol. The SMILES string of the molecule is C=CC=CC[SiH2]C([SiH2]CC=CC=C)[SiH2]CC=CC=C. The topological polar surface area (TPSA) is 0 Å². The lowest BCUT2D eigenvalue weighted by atomic mass is 10.5. The average Bonchev–Trinajstić information content (AvgIpc) is 2.43. The molecule has 0 fully saturated rings. The van der Waals surface area contributed by atoms with Crippen molar-refractivity contribution in [1.29, 1.82) is 0 Å². The maximum atomic E-state index is 3.73. The monoisotopic (exact) mass is 304 g/mol. The van der Waals surface area contributed by atoms with Gasteiger partial charge in [-0.15, -0.1) is 0 Å². The van der Waals surface area contributed by atoms with Crippen molar-refractivity contribution in [3.63, 3.8) is 0 Å². The van der Waals surface area contributed by atoms with Crippen molar-refractivity contribution in [2.45, 2.75) is 22.9 Å². The van der Waals surface area contributed by atoms with Gasteiger partial charge in [0.05, 0.1) is 0 Å². The van der Waals surface area contributed by atoms with Gasteiger partial charge in [-0.05, 0) is 18.1 Å². The van der Waals surface area contributed by atoms with Crippen LogP contribution in [0.25, 0.3) is 0 Å². The Kier molecular flexibility index (Phi) is 14.4. The Morgan fingerprint density at radius 1 is 0.632 bits per heavy atom. The van der Waals surface area contributed by atoms with E-state index in [4.69, 9.17) is 0 Å². The number of hydrogen-bond acceptors (Lipinski definition) is 0. The third-order valence-corrected chi connectivity index (χ3v) is 14.8. The summed E-state index contributed by atoms with van der Waals surface area (Å²) in [6, 6.07) is 4.06. The van der Waals surface area contributed by atoms with Crippen molar-refractivity contribution < 1.29 is 0 Å². The van der Waals surface area contributed by atoms with Gasteiger partial charge >= 0.3 is 0 Å². The molecule has 3 heteroatoms. The Bertz CT molecular complexity index is 275. The van der Waals surface area contributed by atoms with E-state index in [2.05, 4.69) is 56.2 Å². The first kappa shape index (κ1) is 18.1. The van der Waals surface area contributed by atoms with Crippen molar-refractivity contribution in [3.8, 4) is 0 Å². The van der Waals surface area contributed by atoms with E-state index in [1.54, 1.807) is 0 Å². The molecular formula is C16H28Si3. The van der Waals surface area contributed by atoms with E-state index in [-0.39, 0.29) is 28.6 Å². The van der Waals surface area contributed by atoms with Crippen LogP contribution in [0.3, 0.4) is 0 Å². The minimum Gasteiger partial charge on any atom is -0.0991 e. The molecule has 0 aromatic carbocycles. The second-order valence-corrected chi connectivity index (χ2v) is 15.0. The van der Waals surface area contributed by atoms with Gasteiger partial charge in [-0.2, -0.15) is 0 Å². The lowest BCUT2D eigenvalue weighted by molar-refractivity contribution is 1.51. The highest BCUT2D eigenvalue weighted by Crippen LogP contribution is 2.08. The molecule has 0 rings (SSSR count). The van der Waals surface area contributed by atoms with Gasteiger partial charge in [-0.1, -0.05) is 79.2 Å². The normalized spacial score (nSPS) is 15.2. The van der Waals surface area contributed by atoms with Crippen molar-refractivity contribution in [2.75, 3.05) is 0 Å². The van der Waals surface area contributed by atoms with Gasteiger partial charge in [-0.3, -0.25) is 0 Å². The molecule has 0 atom stereocenters. The summed E-state index contributed by atoms with van der Waals surface area (Å²) < 4.78 is 0. The summed E-state index contributed by atoms with van der Waals surface area (Å²) in [5.74, 6) is 0. The highest BCUT2D eigenvalue weighted by molar-refractivity contribution is 6.76. The zero-order valence-corrected chi connectivity index (χ0v) is 16.4. The van der Waals surface area contributed by atoms with E-state index < -0.39 is 0 Å². The third-order valence-electron chi connectivity index (χ3n) is 3.04. The van der Waals surface area contributed by atoms with Crippen LogP contribution in [-0.2, 0) is 0 Å². The smallest absolute Gasteiger partial charge is 0.0209 e. The molecule has 0 saturated carbocycles. The van der Waals surface area contributed by atoms with E-state index in [1.807, 2.05) is 18.2 Å². The summed E-state index contributed by atoms with van der Waals surface area (Å²) in [7, 11) is 0.318. The minimum absolute atomic E-state index is 0.106. The van der Waals surface area contributed by atoms with Gasteiger partial charge in [0.15, 0.2) is 0 Å². The Hall–Kier alpha value is -0.909. The molecule has 0 unspecified atom stereocenters. The van der Waals surface area contributed by atoms with Gasteiger partial charge in [0.1, 0.15) is 0 Å². The fraction of sp³-hybridized carbons (Fsp3) is 0.250. The highest BCUT2D eigenvalue weighted by Gasteiger charge is 2.07. The van der Waals surface area contributed by atoms with E-state index in [9.17, 15) is 0 Å². The van der Waals surface area contributed by atoms with Crippen molar-refractivity contribution in [1.82, 2.24) is 0 Å². The Labute approximate surface area is 126 Å². The lowest BCUT2D eigenvalue weighted by Gasteiger charge is -2.12. The standard InChI is InChI=1S/C16H28Si3/c1-4-7-10-13-17-16(18-14-11-8-5-2)19-15-12-9-6-3/h4-12,16H,1-3,13-15,17-19H2. The third kappa shape index (κ3) is 13.3. The quantitative estimate of drug-likeness (QED) is 0.384. The van der Waals surface area contributed by atoms with Crippen LogP contribution in [0.5, 0.6) is 0 Å². The molecule has 19 heavy (non-hydrogen) atoms. The first-order valence-electron chi connectivity index (χ1n) is 7.17. The maximum absolute atomic E-state index is 3.73. The molecule has 0 saturated heterocycles. The van der Waals surface area contributed by atoms with Gasteiger partial charge < -0.3 is 0 Å². The first-order chi connectivity index (χ1) is 9.35. The fourth-order valence-corrected chi connectivity index (χ4v) is 12.3. The number of rotatable bonds is 12. The summed E-state index contributed by atoms with van der Waals surface area (Å²) in [6.07, 6.45) is 18.9. The van der Waals surface area contributed by atoms with Crippen LogP contribution in [0.4, 0.5) is 0 Å². The summed E-state index contributed by atoms with van der Waals surface area (Å²) in [5, 5.41) is 0. The molecule has 0 amide bonds. The van der Waals surface area contributed by atoms with Crippen LogP contribution < -0.4 is 0 Å². The van der Waals surface area contributed by atoms with Crippen LogP contribution in [0.1, 0.15) is 0 Å². The van der Waals surface area contributed by atoms with Gasteiger partial charge in [0.25, 0.3) is 0 Å². The fourth-order valence-electron chi connectivity index (χ4n) is 2.01. The number of allylic oxidation sites excluding steroid dienone is 9. The molecule has 0 aromatic heterocycles. The average molecular weight is 305 g/mol. The predicted octanol–water partition coefficient (Wildman–Crippen LogP) is 2.68. The van der Waals surface area contributed by atoms with Crippen LogP contribution in [0, 0.1) is 0 Å². The second kappa shape index (κ2) is 15.1. The van der Waals surface area contributed by atoms with Gasteiger partial charge in [0, 0.05) is 28.6 Å². The van der Waals surface area contributed by atoms with Gasteiger partial charge in [0.2, 0.25) is 0 Å². The van der Waals surface area contributed by atoms with Crippen molar-refractivity contribution >= 4 is 28.6 Å². The molecule has 0 aliphatic rings. The molecule has 0 bridgehead atoms. The zero-order chi connectivity index (χ0) is 14.2. The van der Waals surface area contributed by atoms with E-state index in [0.29, 0.717) is 0 Å². The Morgan fingerprint density at radius 2 is 0.947 bits per heavy atom. The molecule has 104 valence electrons. The Morgan fingerprint density at radius 3 is 1.21 bits per heavy atom. The van der Waals surface area contributed by atoms with Crippen molar-refractivity contribution in [3.05, 3.63) is 74.4 Å². The van der Waals surface area contributed by atoms with Gasteiger partial charge in [-0.25, -0.2) is 0 Å². The van der Waals surface area contributed by atoms with E-state index >= 15 is 0 Å². The molecule has 0 aliphatic carbocycles. The summed E-state index contributed by atoms with van der Waals surface area (Å²) in [5.41, 5.74) is 0. The van der Waals surface area contributed by atoms with Crippen LogP contribution in [0.15, 0.2) is 74.4 Å². The molecule has 0 spiro atoms. The molecule has 0 aliphatic heterocycles. The van der Waals surface area contributed by atoms with E-state index in [1.165, 1.54) is 22.9 Å². The van der Waals surface area contributed by atoms with Crippen LogP contribution in [-0.4, -0.2) is 28.6 Å². The van der Waals surface area contributed by atoms with Crippen LogP contribution >= 0.6 is 0 Å². The van der Waals surface area contributed by atoms with Crippen molar-refractivity contribution in [2.24, 2.45) is 0 Å². The maximum Gasteiger partial charge on any atom is 0.0209 e.